The highest BCUT2D eigenvalue weighted by atomic mass is 32.2. The molecule has 1 aromatic carbocycles. The Hall–Kier alpha value is -1.40. The molecule has 1 aromatic rings. The fraction of sp³-hybridized carbons (Fsp3) is 0.462. The van der Waals surface area contributed by atoms with Gasteiger partial charge in [0.2, 0.25) is 0 Å². The minimum Gasteiger partial charge on any atom is -0.481 e. The number of rotatable bonds is 8. The largest absolute Gasteiger partial charge is 0.481 e. The third kappa shape index (κ3) is 6.35. The van der Waals surface area contributed by atoms with Crippen LogP contribution in [0.15, 0.2) is 24.3 Å². The van der Waals surface area contributed by atoms with Crippen molar-refractivity contribution < 1.29 is 18.3 Å². The lowest BCUT2D eigenvalue weighted by Gasteiger charge is -2.06. The molecule has 0 atom stereocenters. The van der Waals surface area contributed by atoms with Crippen molar-refractivity contribution in [2.75, 3.05) is 18.1 Å². The number of carboxylic acids is 1. The maximum Gasteiger partial charge on any atom is 0.307 e. The molecule has 0 saturated heterocycles. The molecule has 0 fully saturated rings. The van der Waals surface area contributed by atoms with E-state index in [0.29, 0.717) is 13.1 Å². The maximum absolute atomic E-state index is 11.3. The van der Waals surface area contributed by atoms with Crippen LogP contribution in [-0.4, -0.2) is 37.5 Å². The molecule has 0 aliphatic rings. The van der Waals surface area contributed by atoms with Crippen LogP contribution in [0, 0.1) is 0 Å². The summed E-state index contributed by atoms with van der Waals surface area (Å²) in [6, 6.07) is 7.24. The molecule has 0 bridgehead atoms. The lowest BCUT2D eigenvalue weighted by atomic mass is 10.1. The van der Waals surface area contributed by atoms with Gasteiger partial charge in [-0.15, -0.1) is 0 Å². The SMILES string of the molecule is CCS(=O)(=O)CCNCc1ccc(CC(=O)O)cc1. The number of nitrogens with one attached hydrogen (secondary N) is 1. The van der Waals surface area contributed by atoms with Gasteiger partial charge in [-0.05, 0) is 11.1 Å². The van der Waals surface area contributed by atoms with Gasteiger partial charge in [-0.1, -0.05) is 31.2 Å². The Morgan fingerprint density at radius 2 is 1.79 bits per heavy atom. The Balaban J connectivity index is 2.36. The summed E-state index contributed by atoms with van der Waals surface area (Å²) in [6.07, 6.45) is 0.0163. The Kier molecular flexibility index (Phi) is 5.98. The van der Waals surface area contributed by atoms with Crippen molar-refractivity contribution in [3.63, 3.8) is 0 Å². The Morgan fingerprint density at radius 1 is 1.21 bits per heavy atom. The minimum absolute atomic E-state index is 0.0163. The standard InChI is InChI=1S/C13H19NO4S/c1-2-19(17,18)8-7-14-10-12-5-3-11(4-6-12)9-13(15)16/h3-6,14H,2,7-10H2,1H3,(H,15,16). The van der Waals surface area contributed by atoms with Gasteiger partial charge in [-0.25, -0.2) is 8.42 Å². The molecule has 0 aromatic heterocycles. The van der Waals surface area contributed by atoms with Crippen LogP contribution in [0.3, 0.4) is 0 Å². The zero-order chi connectivity index (χ0) is 14.3. The summed E-state index contributed by atoms with van der Waals surface area (Å²) < 4.78 is 22.5. The molecule has 0 radical (unpaired) electrons. The lowest BCUT2D eigenvalue weighted by Crippen LogP contribution is -2.23. The average molecular weight is 285 g/mol. The van der Waals surface area contributed by atoms with Gasteiger partial charge in [0.1, 0.15) is 0 Å². The second-order valence-electron chi connectivity index (χ2n) is 4.30. The fourth-order valence-corrected chi connectivity index (χ4v) is 2.30. The summed E-state index contributed by atoms with van der Waals surface area (Å²) in [5.74, 6) is -0.547. The molecule has 19 heavy (non-hydrogen) atoms. The highest BCUT2D eigenvalue weighted by Crippen LogP contribution is 2.05. The molecular formula is C13H19NO4S. The molecule has 5 nitrogen and oxygen atoms in total. The smallest absolute Gasteiger partial charge is 0.307 e. The number of carboxylic acid groups (broad SMARTS) is 1. The number of carbonyl (C=O) groups is 1. The van der Waals surface area contributed by atoms with E-state index in [9.17, 15) is 13.2 Å². The summed E-state index contributed by atoms with van der Waals surface area (Å²) in [4.78, 5) is 10.5. The van der Waals surface area contributed by atoms with Gasteiger partial charge in [-0.2, -0.15) is 0 Å². The van der Waals surface area contributed by atoms with Crippen molar-refractivity contribution >= 4 is 15.8 Å². The number of hydrogen-bond acceptors (Lipinski definition) is 4. The van der Waals surface area contributed by atoms with Crippen molar-refractivity contribution in [1.82, 2.24) is 5.32 Å². The van der Waals surface area contributed by atoms with E-state index < -0.39 is 15.8 Å². The van der Waals surface area contributed by atoms with E-state index in [4.69, 9.17) is 5.11 Å². The number of sulfone groups is 1. The van der Waals surface area contributed by atoms with Gasteiger partial charge in [0.25, 0.3) is 0 Å². The second-order valence-corrected chi connectivity index (χ2v) is 6.77. The van der Waals surface area contributed by atoms with Crippen LogP contribution in [0.2, 0.25) is 0 Å². The average Bonchev–Trinajstić information content (AvgIpc) is 2.36. The van der Waals surface area contributed by atoms with E-state index in [-0.39, 0.29) is 17.9 Å². The van der Waals surface area contributed by atoms with Crippen molar-refractivity contribution in [3.05, 3.63) is 35.4 Å². The number of aliphatic carboxylic acids is 1. The number of benzene rings is 1. The molecule has 0 spiro atoms. The highest BCUT2D eigenvalue weighted by molar-refractivity contribution is 7.91. The van der Waals surface area contributed by atoms with Gasteiger partial charge in [0.05, 0.1) is 12.2 Å². The van der Waals surface area contributed by atoms with Crippen molar-refractivity contribution in [2.45, 2.75) is 19.9 Å². The van der Waals surface area contributed by atoms with Crippen molar-refractivity contribution in [2.24, 2.45) is 0 Å². The maximum atomic E-state index is 11.3. The molecule has 6 heteroatoms. The van der Waals surface area contributed by atoms with E-state index in [2.05, 4.69) is 5.32 Å². The first-order valence-corrected chi connectivity index (χ1v) is 7.96. The zero-order valence-corrected chi connectivity index (χ0v) is 11.7. The Morgan fingerprint density at radius 3 is 2.32 bits per heavy atom. The van der Waals surface area contributed by atoms with Gasteiger partial charge >= 0.3 is 5.97 Å². The van der Waals surface area contributed by atoms with Gasteiger partial charge in [-0.3, -0.25) is 4.79 Å². The summed E-state index contributed by atoms with van der Waals surface area (Å²) in [5.41, 5.74) is 1.76. The van der Waals surface area contributed by atoms with E-state index >= 15 is 0 Å². The van der Waals surface area contributed by atoms with E-state index in [1.165, 1.54) is 0 Å². The summed E-state index contributed by atoms with van der Waals surface area (Å²) in [7, 11) is -2.92. The molecular weight excluding hydrogens is 266 g/mol. The normalized spacial score (nSPS) is 11.4. The Labute approximate surface area is 113 Å². The number of hydrogen-bond donors (Lipinski definition) is 2. The first-order chi connectivity index (χ1) is 8.93. The van der Waals surface area contributed by atoms with Crippen molar-refractivity contribution in [1.29, 1.82) is 0 Å². The third-order valence-corrected chi connectivity index (χ3v) is 4.44. The predicted octanol–water partition coefficient (Wildman–Crippen LogP) is 0.838. The second kappa shape index (κ2) is 7.25. The topological polar surface area (TPSA) is 83.5 Å². The van der Waals surface area contributed by atoms with Gasteiger partial charge < -0.3 is 10.4 Å². The first-order valence-electron chi connectivity index (χ1n) is 6.13. The summed E-state index contributed by atoms with van der Waals surface area (Å²) >= 11 is 0. The van der Waals surface area contributed by atoms with Gasteiger partial charge in [0.15, 0.2) is 9.84 Å². The summed E-state index contributed by atoms with van der Waals surface area (Å²) in [6.45, 7) is 2.64. The zero-order valence-electron chi connectivity index (χ0n) is 10.9. The molecule has 2 N–H and O–H groups in total. The minimum atomic E-state index is -2.92. The van der Waals surface area contributed by atoms with Gasteiger partial charge in [0, 0.05) is 18.8 Å². The molecule has 0 unspecified atom stereocenters. The molecule has 106 valence electrons. The van der Waals surface area contributed by atoms with Crippen molar-refractivity contribution in [3.8, 4) is 0 Å². The molecule has 0 heterocycles. The van der Waals surface area contributed by atoms with Crippen LogP contribution in [0.5, 0.6) is 0 Å². The van der Waals surface area contributed by atoms with Crippen LogP contribution in [-0.2, 0) is 27.6 Å². The highest BCUT2D eigenvalue weighted by Gasteiger charge is 2.06. The predicted molar refractivity (Wildman–Crippen MR) is 73.8 cm³/mol. The fourth-order valence-electron chi connectivity index (χ4n) is 1.55. The van der Waals surface area contributed by atoms with Crippen LogP contribution in [0.4, 0.5) is 0 Å². The lowest BCUT2D eigenvalue weighted by molar-refractivity contribution is -0.136. The van der Waals surface area contributed by atoms with E-state index in [1.54, 1.807) is 19.1 Å². The first kappa shape index (κ1) is 15.7. The third-order valence-electron chi connectivity index (χ3n) is 2.74. The van der Waals surface area contributed by atoms with Crippen LogP contribution < -0.4 is 5.32 Å². The molecule has 0 amide bonds. The Bertz CT molecular complexity index is 508. The van der Waals surface area contributed by atoms with Crippen LogP contribution in [0.25, 0.3) is 0 Å². The quantitative estimate of drug-likeness (QED) is 0.691. The van der Waals surface area contributed by atoms with E-state index in [1.807, 2.05) is 12.1 Å². The van der Waals surface area contributed by atoms with Crippen LogP contribution in [0.1, 0.15) is 18.1 Å². The molecule has 1 rings (SSSR count). The van der Waals surface area contributed by atoms with E-state index in [0.717, 1.165) is 11.1 Å². The molecule has 0 aliphatic carbocycles. The summed E-state index contributed by atoms with van der Waals surface area (Å²) in [5, 5.41) is 11.7. The van der Waals surface area contributed by atoms with Crippen LogP contribution >= 0.6 is 0 Å². The monoisotopic (exact) mass is 285 g/mol. The molecule has 0 aliphatic heterocycles. The molecule has 0 saturated carbocycles.